The number of alkyl halides is 6. The summed E-state index contributed by atoms with van der Waals surface area (Å²) >= 11 is 0. The number of halogens is 6. The summed E-state index contributed by atoms with van der Waals surface area (Å²) in [4.78, 5) is 49.0. The van der Waals surface area contributed by atoms with Gasteiger partial charge < -0.3 is 9.47 Å². The van der Waals surface area contributed by atoms with E-state index in [-0.39, 0.29) is 11.1 Å². The predicted molar refractivity (Wildman–Crippen MR) is 138 cm³/mol. The Bertz CT molecular complexity index is 1500. The molecule has 0 aliphatic heterocycles. The summed E-state index contributed by atoms with van der Waals surface area (Å²) in [5.74, 6) is -4.73. The fourth-order valence-corrected chi connectivity index (χ4v) is 4.25. The van der Waals surface area contributed by atoms with Crippen LogP contribution in [0.2, 0.25) is 0 Å². The number of benzene rings is 4. The van der Waals surface area contributed by atoms with Crippen molar-refractivity contribution in [3.63, 3.8) is 0 Å². The first-order valence-electron chi connectivity index (χ1n) is 12.2. The molecule has 43 heavy (non-hydrogen) atoms. The molecule has 4 aromatic rings. The molecule has 12 heteroatoms. The van der Waals surface area contributed by atoms with Crippen LogP contribution >= 0.6 is 0 Å². The van der Waals surface area contributed by atoms with E-state index in [2.05, 4.69) is 9.47 Å². The standard InChI is InChI=1S/C31H18F6O6/c32-30(33,34)29(31(35,36)37,23-15-11-21(12-16-23)27(40)42-25(38)19-7-3-1-4-8-19)24-17-13-22(14-18-24)28(41)43-26(39)20-9-5-2-6-10-20/h1-18H. The number of ether oxygens (including phenoxy) is 2. The highest BCUT2D eigenvalue weighted by Crippen LogP contribution is 2.56. The van der Waals surface area contributed by atoms with Gasteiger partial charge in [0.25, 0.3) is 0 Å². The summed E-state index contributed by atoms with van der Waals surface area (Å²) in [5, 5.41) is 0. The fraction of sp³-hybridized carbons (Fsp3) is 0.0968. The lowest BCUT2D eigenvalue weighted by Gasteiger charge is -2.38. The summed E-state index contributed by atoms with van der Waals surface area (Å²) in [6, 6.07) is 19.0. The summed E-state index contributed by atoms with van der Waals surface area (Å²) in [6.45, 7) is 0. The minimum Gasteiger partial charge on any atom is -0.386 e. The molecule has 0 saturated heterocycles. The Morgan fingerprint density at radius 3 is 0.907 bits per heavy atom. The molecule has 0 N–H and O–H groups in total. The van der Waals surface area contributed by atoms with E-state index in [1.807, 2.05) is 0 Å². The zero-order chi connectivity index (χ0) is 31.4. The van der Waals surface area contributed by atoms with Crippen LogP contribution in [0.25, 0.3) is 0 Å². The minimum absolute atomic E-state index is 0.00242. The zero-order valence-electron chi connectivity index (χ0n) is 21.6. The van der Waals surface area contributed by atoms with Crippen molar-refractivity contribution in [1.29, 1.82) is 0 Å². The van der Waals surface area contributed by atoms with Gasteiger partial charge in [0, 0.05) is 0 Å². The average Bonchev–Trinajstić information content (AvgIpc) is 2.97. The Morgan fingerprint density at radius 2 is 0.651 bits per heavy atom. The monoisotopic (exact) mass is 600 g/mol. The maximum absolute atomic E-state index is 14.5. The van der Waals surface area contributed by atoms with E-state index in [9.17, 15) is 45.5 Å². The van der Waals surface area contributed by atoms with Gasteiger partial charge in [0.05, 0.1) is 22.3 Å². The van der Waals surface area contributed by atoms with Crippen molar-refractivity contribution in [3.8, 4) is 0 Å². The Labute approximate surface area is 239 Å². The van der Waals surface area contributed by atoms with E-state index in [4.69, 9.17) is 0 Å². The third kappa shape index (κ3) is 6.17. The maximum atomic E-state index is 14.5. The van der Waals surface area contributed by atoms with Gasteiger partial charge in [-0.3, -0.25) is 0 Å². The second kappa shape index (κ2) is 11.9. The number of esters is 4. The van der Waals surface area contributed by atoms with Crippen molar-refractivity contribution in [1.82, 2.24) is 0 Å². The van der Waals surface area contributed by atoms with Gasteiger partial charge in [-0.2, -0.15) is 26.3 Å². The molecule has 4 rings (SSSR count). The first kappa shape index (κ1) is 30.7. The summed E-state index contributed by atoms with van der Waals surface area (Å²) < 4.78 is 96.3. The molecule has 0 fully saturated rings. The van der Waals surface area contributed by atoms with Crippen LogP contribution in [-0.2, 0) is 14.9 Å². The topological polar surface area (TPSA) is 86.7 Å². The Balaban J connectivity index is 1.65. The van der Waals surface area contributed by atoms with Crippen LogP contribution in [0.4, 0.5) is 26.3 Å². The maximum Gasteiger partial charge on any atom is 0.411 e. The van der Waals surface area contributed by atoms with Crippen molar-refractivity contribution in [2.75, 3.05) is 0 Å². The highest BCUT2D eigenvalue weighted by atomic mass is 19.4. The normalized spacial score (nSPS) is 11.9. The molecule has 0 unspecified atom stereocenters. The molecule has 6 nitrogen and oxygen atoms in total. The average molecular weight is 600 g/mol. The highest BCUT2D eigenvalue weighted by Gasteiger charge is 2.72. The van der Waals surface area contributed by atoms with E-state index >= 15 is 0 Å². The van der Waals surface area contributed by atoms with Crippen molar-refractivity contribution < 1.29 is 55.0 Å². The molecule has 0 radical (unpaired) electrons. The van der Waals surface area contributed by atoms with Crippen LogP contribution in [0.1, 0.15) is 52.6 Å². The number of carbonyl (C=O) groups excluding carboxylic acids is 4. The molecule has 0 amide bonds. The van der Waals surface area contributed by atoms with Crippen LogP contribution in [-0.4, -0.2) is 36.2 Å². The molecule has 0 aromatic heterocycles. The van der Waals surface area contributed by atoms with E-state index in [1.54, 1.807) is 12.1 Å². The molecule has 0 saturated carbocycles. The molecule has 0 bridgehead atoms. The van der Waals surface area contributed by atoms with Gasteiger partial charge in [-0.15, -0.1) is 0 Å². The lowest BCUT2D eigenvalue weighted by molar-refractivity contribution is -0.288. The van der Waals surface area contributed by atoms with Gasteiger partial charge in [0.1, 0.15) is 0 Å². The zero-order valence-corrected chi connectivity index (χ0v) is 21.6. The van der Waals surface area contributed by atoms with Crippen LogP contribution in [0.15, 0.2) is 109 Å². The number of carbonyl (C=O) groups is 4. The third-order valence-electron chi connectivity index (χ3n) is 6.35. The van der Waals surface area contributed by atoms with Crippen molar-refractivity contribution in [2.24, 2.45) is 0 Å². The largest absolute Gasteiger partial charge is 0.411 e. The highest BCUT2D eigenvalue weighted by molar-refractivity contribution is 6.03. The molecular weight excluding hydrogens is 582 g/mol. The Kier molecular flexibility index (Phi) is 8.51. The van der Waals surface area contributed by atoms with Gasteiger partial charge >= 0.3 is 36.2 Å². The molecule has 0 spiro atoms. The van der Waals surface area contributed by atoms with Crippen LogP contribution in [0.3, 0.4) is 0 Å². The number of hydrogen-bond donors (Lipinski definition) is 0. The molecule has 0 heterocycles. The van der Waals surface area contributed by atoms with E-state index < -0.39 is 63.9 Å². The molecule has 4 aromatic carbocycles. The second-order valence-corrected chi connectivity index (χ2v) is 8.99. The minimum atomic E-state index is -5.96. The summed E-state index contributed by atoms with van der Waals surface area (Å²) in [5.41, 5.74) is -8.15. The number of hydrogen-bond acceptors (Lipinski definition) is 6. The van der Waals surface area contributed by atoms with Crippen LogP contribution in [0, 0.1) is 0 Å². The van der Waals surface area contributed by atoms with Crippen molar-refractivity contribution in [3.05, 3.63) is 143 Å². The third-order valence-corrected chi connectivity index (χ3v) is 6.35. The Hall–Kier alpha value is -5.26. The number of rotatable bonds is 6. The molecule has 220 valence electrons. The second-order valence-electron chi connectivity index (χ2n) is 8.99. The summed E-state index contributed by atoms with van der Waals surface area (Å²) in [7, 11) is 0. The van der Waals surface area contributed by atoms with Gasteiger partial charge in [-0.25, -0.2) is 19.2 Å². The van der Waals surface area contributed by atoms with Gasteiger partial charge in [0.15, 0.2) is 0 Å². The lowest BCUT2D eigenvalue weighted by Crippen LogP contribution is -2.54. The van der Waals surface area contributed by atoms with Crippen molar-refractivity contribution >= 4 is 23.9 Å². The van der Waals surface area contributed by atoms with E-state index in [0.29, 0.717) is 48.5 Å². The fourth-order valence-electron chi connectivity index (χ4n) is 4.25. The SMILES string of the molecule is O=C(OC(=O)c1ccc(C(c2ccc(C(=O)OC(=O)c3ccccc3)cc2)(C(F)(F)F)C(F)(F)F)cc1)c1ccccc1. The van der Waals surface area contributed by atoms with Gasteiger partial charge in [-0.05, 0) is 59.7 Å². The molecule has 0 atom stereocenters. The van der Waals surface area contributed by atoms with Gasteiger partial charge in [-0.1, -0.05) is 60.7 Å². The lowest BCUT2D eigenvalue weighted by atomic mass is 9.72. The van der Waals surface area contributed by atoms with E-state index in [1.165, 1.54) is 48.5 Å². The quantitative estimate of drug-likeness (QED) is 0.133. The summed E-state index contributed by atoms with van der Waals surface area (Å²) in [6.07, 6.45) is -11.9. The molecule has 0 aliphatic rings. The Morgan fingerprint density at radius 1 is 0.395 bits per heavy atom. The van der Waals surface area contributed by atoms with E-state index in [0.717, 1.165) is 0 Å². The van der Waals surface area contributed by atoms with Crippen molar-refractivity contribution in [2.45, 2.75) is 17.8 Å². The molecular formula is C31H18F6O6. The first-order valence-corrected chi connectivity index (χ1v) is 12.2. The smallest absolute Gasteiger partial charge is 0.386 e. The van der Waals surface area contributed by atoms with Crippen LogP contribution < -0.4 is 0 Å². The van der Waals surface area contributed by atoms with Gasteiger partial charge in [0.2, 0.25) is 5.41 Å². The first-order chi connectivity index (χ1) is 20.3. The van der Waals surface area contributed by atoms with Crippen LogP contribution in [0.5, 0.6) is 0 Å². The predicted octanol–water partition coefficient (Wildman–Crippen LogP) is 7.09. The molecule has 0 aliphatic carbocycles.